The number of nitrogens with zero attached hydrogens (tertiary/aromatic N) is 2. The molecule has 0 bridgehead atoms. The van der Waals surface area contributed by atoms with Crippen molar-refractivity contribution < 1.29 is 9.59 Å². The van der Waals surface area contributed by atoms with Gasteiger partial charge in [-0.05, 0) is 44.2 Å². The van der Waals surface area contributed by atoms with Gasteiger partial charge < -0.3 is 10.6 Å². The van der Waals surface area contributed by atoms with E-state index in [0.29, 0.717) is 11.4 Å². The van der Waals surface area contributed by atoms with E-state index in [9.17, 15) is 9.59 Å². The number of aryl methyl sites for hydroxylation is 1. The number of rotatable bonds is 4. The predicted octanol–water partition coefficient (Wildman–Crippen LogP) is 2.35. The molecule has 1 atom stereocenters. The Bertz CT molecular complexity index is 646. The molecule has 1 aromatic heterocycles. The summed E-state index contributed by atoms with van der Waals surface area (Å²) in [4.78, 5) is 23.1. The lowest BCUT2D eigenvalue weighted by atomic mass is 10.2. The Labute approximate surface area is 123 Å². The lowest BCUT2D eigenvalue weighted by Crippen LogP contribution is -2.25. The van der Waals surface area contributed by atoms with Gasteiger partial charge in [0.15, 0.2) is 0 Å². The van der Waals surface area contributed by atoms with Crippen molar-refractivity contribution >= 4 is 23.2 Å². The van der Waals surface area contributed by atoms with Crippen molar-refractivity contribution in [3.05, 3.63) is 42.2 Å². The molecule has 0 fully saturated rings. The lowest BCUT2D eigenvalue weighted by molar-refractivity contribution is -0.119. The summed E-state index contributed by atoms with van der Waals surface area (Å²) in [5.74, 6) is -0.274. The number of nitrogens with one attached hydrogen (secondary N) is 2. The van der Waals surface area contributed by atoms with Gasteiger partial charge in [0.25, 0.3) is 0 Å². The minimum absolute atomic E-state index is 0.130. The van der Waals surface area contributed by atoms with Crippen molar-refractivity contribution in [3.63, 3.8) is 0 Å². The Balaban J connectivity index is 2.02. The van der Waals surface area contributed by atoms with Crippen LogP contribution in [0.5, 0.6) is 0 Å². The maximum absolute atomic E-state index is 12.2. The Morgan fingerprint density at radius 3 is 2.14 bits per heavy atom. The molecule has 110 valence electrons. The smallest absolute Gasteiger partial charge is 0.248 e. The van der Waals surface area contributed by atoms with Crippen LogP contribution in [0.25, 0.3) is 0 Å². The van der Waals surface area contributed by atoms with Crippen LogP contribution in [0.2, 0.25) is 0 Å². The minimum atomic E-state index is -0.393. The van der Waals surface area contributed by atoms with Gasteiger partial charge in [0.05, 0.1) is 0 Å². The Kier molecular flexibility index (Phi) is 4.37. The monoisotopic (exact) mass is 286 g/mol. The third-order valence-corrected chi connectivity index (χ3v) is 3.09. The SMILES string of the molecule is CC(=O)Nc1ccc(NC(=O)C(C)n2nccc2C)cc1. The second-order valence-electron chi connectivity index (χ2n) is 4.84. The van der Waals surface area contributed by atoms with Crippen LogP contribution in [0.4, 0.5) is 11.4 Å². The molecule has 2 N–H and O–H groups in total. The van der Waals surface area contributed by atoms with E-state index < -0.39 is 6.04 Å². The van der Waals surface area contributed by atoms with E-state index in [1.54, 1.807) is 42.1 Å². The number of anilines is 2. The van der Waals surface area contributed by atoms with Gasteiger partial charge >= 0.3 is 0 Å². The Hall–Kier alpha value is -2.63. The average molecular weight is 286 g/mol. The van der Waals surface area contributed by atoms with Gasteiger partial charge in [-0.3, -0.25) is 14.3 Å². The summed E-state index contributed by atoms with van der Waals surface area (Å²) in [6.07, 6.45) is 1.67. The third-order valence-electron chi connectivity index (χ3n) is 3.09. The van der Waals surface area contributed by atoms with E-state index in [-0.39, 0.29) is 11.8 Å². The highest BCUT2D eigenvalue weighted by Gasteiger charge is 2.16. The fraction of sp³-hybridized carbons (Fsp3) is 0.267. The molecule has 2 aromatic rings. The second kappa shape index (κ2) is 6.21. The van der Waals surface area contributed by atoms with Gasteiger partial charge in [-0.1, -0.05) is 0 Å². The number of benzene rings is 1. The van der Waals surface area contributed by atoms with Crippen molar-refractivity contribution in [2.45, 2.75) is 26.8 Å². The fourth-order valence-electron chi connectivity index (χ4n) is 1.98. The molecule has 6 heteroatoms. The molecule has 0 spiro atoms. The van der Waals surface area contributed by atoms with Gasteiger partial charge in [-0.2, -0.15) is 5.10 Å². The zero-order valence-corrected chi connectivity index (χ0v) is 12.3. The summed E-state index contributed by atoms with van der Waals surface area (Å²) in [5.41, 5.74) is 2.29. The number of hydrogen-bond donors (Lipinski definition) is 2. The molecular formula is C15H18N4O2. The van der Waals surface area contributed by atoms with E-state index in [1.807, 2.05) is 13.0 Å². The molecule has 0 aliphatic carbocycles. The molecular weight excluding hydrogens is 268 g/mol. The quantitative estimate of drug-likeness (QED) is 0.905. The maximum atomic E-state index is 12.2. The fourth-order valence-corrected chi connectivity index (χ4v) is 1.98. The molecule has 0 saturated carbocycles. The molecule has 2 rings (SSSR count). The van der Waals surface area contributed by atoms with Gasteiger partial charge in [0, 0.05) is 30.2 Å². The number of amides is 2. The van der Waals surface area contributed by atoms with Crippen LogP contribution in [0, 0.1) is 6.92 Å². The topological polar surface area (TPSA) is 76.0 Å². The van der Waals surface area contributed by atoms with E-state index in [0.717, 1.165) is 5.69 Å². The van der Waals surface area contributed by atoms with Crippen LogP contribution in [-0.2, 0) is 9.59 Å². The highest BCUT2D eigenvalue weighted by atomic mass is 16.2. The number of carbonyl (C=O) groups excluding carboxylic acids is 2. The number of hydrogen-bond acceptors (Lipinski definition) is 3. The number of carbonyl (C=O) groups is 2. The van der Waals surface area contributed by atoms with Crippen LogP contribution >= 0.6 is 0 Å². The van der Waals surface area contributed by atoms with Crippen LogP contribution in [-0.4, -0.2) is 21.6 Å². The Morgan fingerprint density at radius 2 is 1.67 bits per heavy atom. The van der Waals surface area contributed by atoms with Crippen LogP contribution in [0.1, 0.15) is 25.6 Å². The zero-order chi connectivity index (χ0) is 15.4. The summed E-state index contributed by atoms with van der Waals surface area (Å²) < 4.78 is 1.67. The highest BCUT2D eigenvalue weighted by Crippen LogP contribution is 2.16. The molecule has 1 heterocycles. The normalized spacial score (nSPS) is 11.8. The minimum Gasteiger partial charge on any atom is -0.326 e. The van der Waals surface area contributed by atoms with Crippen molar-refractivity contribution in [1.29, 1.82) is 0 Å². The van der Waals surface area contributed by atoms with Crippen molar-refractivity contribution in [2.24, 2.45) is 0 Å². The van der Waals surface area contributed by atoms with E-state index in [1.165, 1.54) is 6.92 Å². The maximum Gasteiger partial charge on any atom is 0.248 e. The zero-order valence-electron chi connectivity index (χ0n) is 12.3. The molecule has 0 saturated heterocycles. The van der Waals surface area contributed by atoms with Gasteiger partial charge in [0.2, 0.25) is 11.8 Å². The average Bonchev–Trinajstić information content (AvgIpc) is 2.85. The summed E-state index contributed by atoms with van der Waals surface area (Å²) in [6, 6.07) is 8.42. The van der Waals surface area contributed by atoms with E-state index in [2.05, 4.69) is 15.7 Å². The standard InChI is InChI=1S/C15H18N4O2/c1-10-8-9-16-19(10)11(2)15(21)18-14-6-4-13(5-7-14)17-12(3)20/h4-9,11H,1-3H3,(H,17,20)(H,18,21). The first-order chi connectivity index (χ1) is 9.97. The summed E-state index contributed by atoms with van der Waals surface area (Å²) in [5, 5.41) is 9.63. The molecule has 0 aliphatic heterocycles. The van der Waals surface area contributed by atoms with Crippen molar-refractivity contribution in [3.8, 4) is 0 Å². The molecule has 0 radical (unpaired) electrons. The van der Waals surface area contributed by atoms with Gasteiger partial charge in [0.1, 0.15) is 6.04 Å². The molecule has 0 aliphatic rings. The second-order valence-corrected chi connectivity index (χ2v) is 4.84. The highest BCUT2D eigenvalue weighted by molar-refractivity contribution is 5.94. The molecule has 1 unspecified atom stereocenters. The first kappa shape index (κ1) is 14.8. The molecule has 1 aromatic carbocycles. The van der Waals surface area contributed by atoms with E-state index >= 15 is 0 Å². The summed E-state index contributed by atoms with van der Waals surface area (Å²) in [6.45, 7) is 5.14. The summed E-state index contributed by atoms with van der Waals surface area (Å²) >= 11 is 0. The van der Waals surface area contributed by atoms with Gasteiger partial charge in [-0.25, -0.2) is 0 Å². The van der Waals surface area contributed by atoms with Crippen LogP contribution < -0.4 is 10.6 Å². The van der Waals surface area contributed by atoms with Crippen molar-refractivity contribution in [1.82, 2.24) is 9.78 Å². The molecule has 21 heavy (non-hydrogen) atoms. The van der Waals surface area contributed by atoms with Crippen LogP contribution in [0.3, 0.4) is 0 Å². The lowest BCUT2D eigenvalue weighted by Gasteiger charge is -2.14. The number of aromatic nitrogens is 2. The first-order valence-corrected chi connectivity index (χ1v) is 6.66. The summed E-state index contributed by atoms with van der Waals surface area (Å²) in [7, 11) is 0. The largest absolute Gasteiger partial charge is 0.326 e. The van der Waals surface area contributed by atoms with E-state index in [4.69, 9.17) is 0 Å². The van der Waals surface area contributed by atoms with Crippen molar-refractivity contribution in [2.75, 3.05) is 10.6 Å². The third kappa shape index (κ3) is 3.68. The predicted molar refractivity (Wildman–Crippen MR) is 81.1 cm³/mol. The first-order valence-electron chi connectivity index (χ1n) is 6.66. The molecule has 2 amide bonds. The Morgan fingerprint density at radius 1 is 1.10 bits per heavy atom. The molecule has 6 nitrogen and oxygen atoms in total. The van der Waals surface area contributed by atoms with Gasteiger partial charge in [-0.15, -0.1) is 0 Å². The van der Waals surface area contributed by atoms with Crippen LogP contribution in [0.15, 0.2) is 36.5 Å².